The molecule has 1 N–H and O–H groups in total. The topological polar surface area (TPSA) is 66.6 Å². The van der Waals surface area contributed by atoms with Crippen LogP contribution in [0, 0.1) is 21.7 Å². The number of hydrogen-bond donors (Lipinski definition) is 1. The van der Waals surface area contributed by atoms with Gasteiger partial charge in [0.15, 0.2) is 11.6 Å². The smallest absolute Gasteiger partial charge is 0.275 e. The molecular weight excluding hydrogens is 282 g/mol. The molecule has 0 saturated heterocycles. The molecule has 1 aromatic carbocycles. The molecule has 1 aliphatic rings. The maximum Gasteiger partial charge on any atom is 0.275 e. The Kier molecular flexibility index (Phi) is 5.06. The molecular formula is C14H18F2N2O3. The molecule has 0 aromatic heterocycles. The van der Waals surface area contributed by atoms with Gasteiger partial charge in [0.25, 0.3) is 5.69 Å². The highest BCUT2D eigenvalue weighted by atomic mass is 19.1. The van der Waals surface area contributed by atoms with Crippen molar-refractivity contribution >= 4 is 11.4 Å². The first-order chi connectivity index (χ1) is 10.0. The summed E-state index contributed by atoms with van der Waals surface area (Å²) in [4.78, 5) is 11.3. The average Bonchev–Trinajstić information content (AvgIpc) is 2.46. The van der Waals surface area contributed by atoms with Gasteiger partial charge in [-0.05, 0) is 12.8 Å². The van der Waals surface area contributed by atoms with Gasteiger partial charge in [-0.3, -0.25) is 10.1 Å². The fraction of sp³-hybridized carbons (Fsp3) is 0.571. The molecule has 0 bridgehead atoms. The first-order valence-corrected chi connectivity index (χ1v) is 7.05. The highest BCUT2D eigenvalue weighted by Crippen LogP contribution is 2.33. The van der Waals surface area contributed by atoms with Gasteiger partial charge in [0.1, 0.15) is 5.69 Å². The molecule has 0 amide bonds. The molecule has 116 valence electrons. The summed E-state index contributed by atoms with van der Waals surface area (Å²) in [5.41, 5.74) is -0.886. The fourth-order valence-corrected chi connectivity index (χ4v) is 2.91. The van der Waals surface area contributed by atoms with Crippen molar-refractivity contribution in [3.63, 3.8) is 0 Å². The Hall–Kier alpha value is -1.76. The number of hydrogen-bond acceptors (Lipinski definition) is 4. The third kappa shape index (κ3) is 3.47. The summed E-state index contributed by atoms with van der Waals surface area (Å²) in [5.74, 6) is -1.92. The van der Waals surface area contributed by atoms with E-state index in [1.165, 1.54) is 4.90 Å². The number of anilines is 1. The van der Waals surface area contributed by atoms with Crippen LogP contribution in [0.25, 0.3) is 0 Å². The van der Waals surface area contributed by atoms with Gasteiger partial charge in [-0.15, -0.1) is 0 Å². The van der Waals surface area contributed by atoms with Crippen LogP contribution in [0.15, 0.2) is 12.1 Å². The van der Waals surface area contributed by atoms with Crippen LogP contribution in [-0.4, -0.2) is 29.2 Å². The predicted molar refractivity (Wildman–Crippen MR) is 74.3 cm³/mol. The van der Waals surface area contributed by atoms with Gasteiger partial charge in [0.05, 0.1) is 23.7 Å². The van der Waals surface area contributed by atoms with Crippen molar-refractivity contribution in [3.8, 4) is 0 Å². The molecule has 1 aromatic rings. The summed E-state index contributed by atoms with van der Waals surface area (Å²) >= 11 is 0. The van der Waals surface area contributed by atoms with E-state index in [2.05, 4.69) is 0 Å². The Balaban J connectivity index is 2.37. The number of aliphatic hydroxyl groups is 1. The second kappa shape index (κ2) is 6.80. The first-order valence-electron chi connectivity index (χ1n) is 7.05. The lowest BCUT2D eigenvalue weighted by Crippen LogP contribution is -2.40. The standard InChI is InChI=1S/C14H18F2N2O3/c15-12-8-11(18(20)21)9-13(16)14(12)17(6-7-19)10-4-2-1-3-5-10/h8-10,19H,1-7H2. The molecule has 2 rings (SSSR count). The van der Waals surface area contributed by atoms with Gasteiger partial charge >= 0.3 is 0 Å². The Morgan fingerprint density at radius 2 is 1.81 bits per heavy atom. The SMILES string of the molecule is O=[N+]([O-])c1cc(F)c(N(CCO)C2CCCCC2)c(F)c1. The van der Waals surface area contributed by atoms with Crippen molar-refractivity contribution < 1.29 is 18.8 Å². The van der Waals surface area contributed by atoms with Gasteiger partial charge in [0, 0.05) is 12.6 Å². The minimum atomic E-state index is -0.958. The first kappa shape index (κ1) is 15.6. The minimum Gasteiger partial charge on any atom is -0.395 e. The van der Waals surface area contributed by atoms with Crippen LogP contribution in [0.3, 0.4) is 0 Å². The van der Waals surface area contributed by atoms with Crippen LogP contribution < -0.4 is 4.90 Å². The summed E-state index contributed by atoms with van der Waals surface area (Å²) in [6.45, 7) is -0.122. The van der Waals surface area contributed by atoms with Gasteiger partial charge < -0.3 is 10.0 Å². The lowest BCUT2D eigenvalue weighted by atomic mass is 9.93. The van der Waals surface area contributed by atoms with E-state index in [4.69, 9.17) is 5.11 Å². The largest absolute Gasteiger partial charge is 0.395 e. The number of nitrogens with zero attached hydrogens (tertiary/aromatic N) is 2. The number of halogens is 2. The van der Waals surface area contributed by atoms with Crippen molar-refractivity contribution in [1.82, 2.24) is 0 Å². The Morgan fingerprint density at radius 3 is 2.29 bits per heavy atom. The van der Waals surface area contributed by atoms with E-state index in [-0.39, 0.29) is 24.9 Å². The normalized spacial score (nSPS) is 16.0. The maximum atomic E-state index is 14.1. The van der Waals surface area contributed by atoms with Crippen LogP contribution in [0.4, 0.5) is 20.2 Å². The van der Waals surface area contributed by atoms with Crippen molar-refractivity contribution in [1.29, 1.82) is 0 Å². The van der Waals surface area contributed by atoms with Crippen LogP contribution in [0.1, 0.15) is 32.1 Å². The van der Waals surface area contributed by atoms with Crippen molar-refractivity contribution in [2.75, 3.05) is 18.1 Å². The number of rotatable bonds is 5. The zero-order valence-electron chi connectivity index (χ0n) is 11.6. The third-order valence-corrected chi connectivity index (χ3v) is 3.86. The lowest BCUT2D eigenvalue weighted by Gasteiger charge is -2.36. The summed E-state index contributed by atoms with van der Waals surface area (Å²) < 4.78 is 28.3. The van der Waals surface area contributed by atoms with E-state index >= 15 is 0 Å². The van der Waals surface area contributed by atoms with E-state index < -0.39 is 22.2 Å². The summed E-state index contributed by atoms with van der Waals surface area (Å²) in [6, 6.07) is 1.41. The Bertz CT molecular complexity index is 496. The van der Waals surface area contributed by atoms with E-state index in [0.717, 1.165) is 44.2 Å². The van der Waals surface area contributed by atoms with Gasteiger partial charge in [-0.25, -0.2) is 8.78 Å². The molecule has 0 spiro atoms. The van der Waals surface area contributed by atoms with Crippen molar-refractivity contribution in [2.45, 2.75) is 38.1 Å². The number of aliphatic hydroxyl groups excluding tert-OH is 1. The molecule has 0 radical (unpaired) electrons. The fourth-order valence-electron chi connectivity index (χ4n) is 2.91. The maximum absolute atomic E-state index is 14.1. The van der Waals surface area contributed by atoms with E-state index in [0.29, 0.717) is 0 Å². The van der Waals surface area contributed by atoms with Crippen molar-refractivity contribution in [2.24, 2.45) is 0 Å². The molecule has 1 saturated carbocycles. The summed E-state index contributed by atoms with van der Waals surface area (Å²) in [7, 11) is 0. The molecule has 5 nitrogen and oxygen atoms in total. The van der Waals surface area contributed by atoms with Gasteiger partial charge in [0.2, 0.25) is 0 Å². The second-order valence-corrected chi connectivity index (χ2v) is 5.22. The molecule has 7 heteroatoms. The number of benzene rings is 1. The molecule has 21 heavy (non-hydrogen) atoms. The predicted octanol–water partition coefficient (Wildman–Crippen LogP) is 3.00. The molecule has 1 fully saturated rings. The van der Waals surface area contributed by atoms with E-state index in [1.54, 1.807) is 0 Å². The van der Waals surface area contributed by atoms with E-state index in [9.17, 15) is 18.9 Å². The Morgan fingerprint density at radius 1 is 1.24 bits per heavy atom. The van der Waals surface area contributed by atoms with Crippen LogP contribution in [0.2, 0.25) is 0 Å². The molecule has 0 unspecified atom stereocenters. The summed E-state index contributed by atoms with van der Waals surface area (Å²) in [6.07, 6.45) is 4.64. The lowest BCUT2D eigenvalue weighted by molar-refractivity contribution is -0.385. The number of nitro groups is 1. The molecule has 0 heterocycles. The highest BCUT2D eigenvalue weighted by molar-refractivity contribution is 5.54. The monoisotopic (exact) mass is 300 g/mol. The second-order valence-electron chi connectivity index (χ2n) is 5.22. The van der Waals surface area contributed by atoms with Crippen LogP contribution >= 0.6 is 0 Å². The zero-order valence-corrected chi connectivity index (χ0v) is 11.6. The average molecular weight is 300 g/mol. The van der Waals surface area contributed by atoms with Gasteiger partial charge in [-0.2, -0.15) is 0 Å². The van der Waals surface area contributed by atoms with Crippen LogP contribution in [0.5, 0.6) is 0 Å². The number of nitro benzene ring substituents is 1. The van der Waals surface area contributed by atoms with E-state index in [1.807, 2.05) is 0 Å². The molecule has 1 aliphatic carbocycles. The quantitative estimate of drug-likeness (QED) is 0.670. The zero-order chi connectivity index (χ0) is 15.4. The van der Waals surface area contributed by atoms with Gasteiger partial charge in [-0.1, -0.05) is 19.3 Å². The van der Waals surface area contributed by atoms with Crippen LogP contribution in [-0.2, 0) is 0 Å². The third-order valence-electron chi connectivity index (χ3n) is 3.86. The molecule has 0 aliphatic heterocycles. The number of non-ortho nitro benzene ring substituents is 1. The molecule has 0 atom stereocenters. The Labute approximate surface area is 121 Å². The highest BCUT2D eigenvalue weighted by Gasteiger charge is 2.27. The van der Waals surface area contributed by atoms with Crippen molar-refractivity contribution in [3.05, 3.63) is 33.9 Å². The minimum absolute atomic E-state index is 0.0450. The summed E-state index contributed by atoms with van der Waals surface area (Å²) in [5, 5.41) is 19.8.